The van der Waals surface area contributed by atoms with Crippen LogP contribution >= 0.6 is 0 Å². The van der Waals surface area contributed by atoms with Gasteiger partial charge in [-0.25, -0.2) is 14.4 Å². The van der Waals surface area contributed by atoms with Crippen molar-refractivity contribution in [3.63, 3.8) is 0 Å². The molecule has 1 aliphatic rings. The summed E-state index contributed by atoms with van der Waals surface area (Å²) < 4.78 is 25.0. The van der Waals surface area contributed by atoms with Crippen LogP contribution in [-0.2, 0) is 10.4 Å². The number of benzene rings is 3. The van der Waals surface area contributed by atoms with Crippen molar-refractivity contribution < 1.29 is 23.8 Å². The molecule has 2 heterocycles. The highest BCUT2D eigenvalue weighted by molar-refractivity contribution is 6.03. The van der Waals surface area contributed by atoms with Crippen molar-refractivity contribution in [2.75, 3.05) is 31.3 Å². The SMILES string of the molecule is COc1cc2ncnc(Nc3ccc(Oc4cccc(F)c4)cc3C(C)(C)O)c2cc1NC(=O)/C=C/[C@H]1CCCN1C. The van der Waals surface area contributed by atoms with Gasteiger partial charge in [-0.3, -0.25) is 9.69 Å². The van der Waals surface area contributed by atoms with Crippen LogP contribution in [0.25, 0.3) is 10.9 Å². The number of aromatic nitrogens is 2. The van der Waals surface area contributed by atoms with E-state index in [9.17, 15) is 14.3 Å². The second-order valence-electron chi connectivity index (χ2n) is 10.8. The lowest BCUT2D eigenvalue weighted by Gasteiger charge is -2.23. The van der Waals surface area contributed by atoms with Gasteiger partial charge in [0.25, 0.3) is 0 Å². The lowest BCUT2D eigenvalue weighted by molar-refractivity contribution is -0.112. The van der Waals surface area contributed by atoms with E-state index in [1.807, 2.05) is 6.08 Å². The molecule has 0 aliphatic carbocycles. The second-order valence-corrected chi connectivity index (χ2v) is 10.8. The number of amides is 1. The van der Waals surface area contributed by atoms with Gasteiger partial charge >= 0.3 is 0 Å². The van der Waals surface area contributed by atoms with Gasteiger partial charge in [-0.15, -0.1) is 0 Å². The molecule has 0 saturated carbocycles. The van der Waals surface area contributed by atoms with E-state index in [0.717, 1.165) is 19.4 Å². The molecule has 218 valence electrons. The van der Waals surface area contributed by atoms with Crippen molar-refractivity contribution in [1.29, 1.82) is 0 Å². The Balaban J connectivity index is 1.45. The number of hydrogen-bond donors (Lipinski definition) is 3. The molecule has 0 spiro atoms. The molecule has 0 bridgehead atoms. The van der Waals surface area contributed by atoms with E-state index >= 15 is 0 Å². The third kappa shape index (κ3) is 6.67. The quantitative estimate of drug-likeness (QED) is 0.206. The molecule has 9 nitrogen and oxygen atoms in total. The first-order chi connectivity index (χ1) is 20.1. The summed E-state index contributed by atoms with van der Waals surface area (Å²) in [5.41, 5.74) is 0.931. The predicted octanol–water partition coefficient (Wildman–Crippen LogP) is 6.13. The summed E-state index contributed by atoms with van der Waals surface area (Å²) in [7, 11) is 3.58. The summed E-state index contributed by atoms with van der Waals surface area (Å²) in [4.78, 5) is 23.9. The fourth-order valence-corrected chi connectivity index (χ4v) is 5.00. The number of carbonyl (C=O) groups excluding carboxylic acids is 1. The van der Waals surface area contributed by atoms with Gasteiger partial charge in [0.1, 0.15) is 35.2 Å². The molecule has 1 fully saturated rings. The molecular formula is C32H34FN5O4. The van der Waals surface area contributed by atoms with Crippen molar-refractivity contribution in [3.05, 3.63) is 84.5 Å². The monoisotopic (exact) mass is 571 g/mol. The molecule has 4 aromatic rings. The van der Waals surface area contributed by atoms with Crippen LogP contribution < -0.4 is 20.1 Å². The lowest BCUT2D eigenvalue weighted by atomic mass is 9.96. The Kier molecular flexibility index (Phi) is 8.37. The number of methoxy groups -OCH3 is 1. The average molecular weight is 572 g/mol. The second kappa shape index (κ2) is 12.1. The summed E-state index contributed by atoms with van der Waals surface area (Å²) in [6.45, 7) is 4.34. The van der Waals surface area contributed by atoms with E-state index in [4.69, 9.17) is 9.47 Å². The van der Waals surface area contributed by atoms with E-state index in [1.165, 1.54) is 25.6 Å². The number of halogens is 1. The van der Waals surface area contributed by atoms with E-state index < -0.39 is 11.4 Å². The molecule has 1 amide bonds. The molecule has 1 aromatic heterocycles. The molecule has 5 rings (SSSR count). The third-order valence-corrected chi connectivity index (χ3v) is 7.20. The average Bonchev–Trinajstić information content (AvgIpc) is 3.36. The number of nitrogens with zero attached hydrogens (tertiary/aromatic N) is 3. The van der Waals surface area contributed by atoms with Crippen molar-refractivity contribution in [2.45, 2.75) is 38.3 Å². The highest BCUT2D eigenvalue weighted by atomic mass is 19.1. The van der Waals surface area contributed by atoms with Crippen LogP contribution in [0.1, 0.15) is 32.3 Å². The van der Waals surface area contributed by atoms with E-state index in [-0.39, 0.29) is 11.9 Å². The minimum absolute atomic E-state index is 0.245. The Labute approximate surface area is 244 Å². The maximum Gasteiger partial charge on any atom is 0.248 e. The standard InChI is InChI=1S/C32H34FN5O4/c1-32(2,40)25-16-23(42-22-9-5-7-20(33)15-22)11-12-26(25)37-31-24-17-28(29(41-4)18-27(24)34-19-35-31)36-30(39)13-10-21-8-6-14-38(21)3/h5,7,9-13,15-19,21,40H,6,8,14H2,1-4H3,(H,36,39)(H,34,35,37)/b13-10+/t21-/m1/s1. The fourth-order valence-electron chi connectivity index (χ4n) is 5.00. The topological polar surface area (TPSA) is 109 Å². The van der Waals surface area contributed by atoms with Crippen LogP contribution in [0.15, 0.2) is 73.1 Å². The fraction of sp³-hybridized carbons (Fsp3) is 0.281. The molecule has 0 radical (unpaired) electrons. The highest BCUT2D eigenvalue weighted by Crippen LogP contribution is 2.37. The highest BCUT2D eigenvalue weighted by Gasteiger charge is 2.23. The first-order valence-electron chi connectivity index (χ1n) is 13.7. The number of fused-ring (bicyclic) bond motifs is 1. The van der Waals surface area contributed by atoms with Crippen molar-refractivity contribution >= 4 is 34.0 Å². The number of likely N-dealkylation sites (tertiary alicyclic amines) is 1. The first-order valence-corrected chi connectivity index (χ1v) is 13.7. The zero-order valence-electron chi connectivity index (χ0n) is 24.0. The smallest absolute Gasteiger partial charge is 0.248 e. The number of aliphatic hydroxyl groups is 1. The van der Waals surface area contributed by atoms with Crippen molar-refractivity contribution in [3.8, 4) is 17.2 Å². The van der Waals surface area contributed by atoms with E-state index in [1.54, 1.807) is 62.4 Å². The van der Waals surface area contributed by atoms with Gasteiger partial charge in [-0.1, -0.05) is 12.1 Å². The molecule has 10 heteroatoms. The Bertz CT molecular complexity index is 1640. The third-order valence-electron chi connectivity index (χ3n) is 7.20. The number of anilines is 3. The Morgan fingerprint density at radius 3 is 2.64 bits per heavy atom. The summed E-state index contributed by atoms with van der Waals surface area (Å²) in [6, 6.07) is 14.8. The van der Waals surface area contributed by atoms with Gasteiger partial charge in [0.05, 0.1) is 23.9 Å². The first kappa shape index (κ1) is 29.0. The number of hydrogen-bond acceptors (Lipinski definition) is 8. The van der Waals surface area contributed by atoms with Crippen LogP contribution in [0.4, 0.5) is 21.6 Å². The zero-order chi connectivity index (χ0) is 29.9. The van der Waals surface area contributed by atoms with Gasteiger partial charge in [0.2, 0.25) is 5.91 Å². The molecular weight excluding hydrogens is 537 g/mol. The van der Waals surface area contributed by atoms with E-state index in [2.05, 4.69) is 32.5 Å². The maximum atomic E-state index is 13.7. The van der Waals surface area contributed by atoms with Gasteiger partial charge in [-0.05, 0) is 76.7 Å². The number of ether oxygens (including phenoxy) is 2. The molecule has 3 N–H and O–H groups in total. The minimum atomic E-state index is -1.26. The summed E-state index contributed by atoms with van der Waals surface area (Å²) >= 11 is 0. The number of rotatable bonds is 9. The number of likely N-dealkylation sites (N-methyl/N-ethyl adjacent to an activating group) is 1. The number of carbonyl (C=O) groups is 1. The van der Waals surface area contributed by atoms with Crippen LogP contribution in [0.2, 0.25) is 0 Å². The summed E-state index contributed by atoms with van der Waals surface area (Å²) in [5, 5.41) is 17.9. The normalized spacial score (nSPS) is 15.7. The predicted molar refractivity (Wildman–Crippen MR) is 161 cm³/mol. The molecule has 1 aliphatic heterocycles. The lowest BCUT2D eigenvalue weighted by Crippen LogP contribution is -2.23. The molecule has 0 unspecified atom stereocenters. The molecule has 42 heavy (non-hydrogen) atoms. The van der Waals surface area contributed by atoms with Gasteiger partial charge in [0.15, 0.2) is 0 Å². The van der Waals surface area contributed by atoms with E-state index in [0.29, 0.717) is 50.9 Å². The number of nitrogens with one attached hydrogen (secondary N) is 2. The molecule has 1 atom stereocenters. The van der Waals surface area contributed by atoms with Crippen molar-refractivity contribution in [2.24, 2.45) is 0 Å². The van der Waals surface area contributed by atoms with Gasteiger partial charge < -0.3 is 25.2 Å². The van der Waals surface area contributed by atoms with Crippen LogP contribution in [-0.4, -0.2) is 52.6 Å². The zero-order valence-corrected chi connectivity index (χ0v) is 24.0. The van der Waals surface area contributed by atoms with Gasteiger partial charge in [0, 0.05) is 40.9 Å². The van der Waals surface area contributed by atoms with Gasteiger partial charge in [-0.2, -0.15) is 0 Å². The van der Waals surface area contributed by atoms with Crippen LogP contribution in [0, 0.1) is 5.82 Å². The maximum absolute atomic E-state index is 13.7. The Morgan fingerprint density at radius 2 is 1.93 bits per heavy atom. The summed E-state index contributed by atoms with van der Waals surface area (Å²) in [6.07, 6.45) is 7.04. The minimum Gasteiger partial charge on any atom is -0.494 e. The van der Waals surface area contributed by atoms with Crippen molar-refractivity contribution in [1.82, 2.24) is 14.9 Å². The largest absolute Gasteiger partial charge is 0.494 e. The molecule has 3 aromatic carbocycles. The van der Waals surface area contributed by atoms with Crippen LogP contribution in [0.3, 0.4) is 0 Å². The summed E-state index contributed by atoms with van der Waals surface area (Å²) in [5.74, 6) is 1.02. The Morgan fingerprint density at radius 1 is 1.12 bits per heavy atom. The molecule has 1 saturated heterocycles. The van der Waals surface area contributed by atoms with Crippen LogP contribution in [0.5, 0.6) is 17.2 Å². The Hall–Kier alpha value is -4.54.